The van der Waals surface area contributed by atoms with Gasteiger partial charge in [0, 0.05) is 11.0 Å². The van der Waals surface area contributed by atoms with Crippen LogP contribution in [0.1, 0.15) is 21.5 Å². The second-order valence-electron chi connectivity index (χ2n) is 8.13. The van der Waals surface area contributed by atoms with Gasteiger partial charge in [-0.15, -0.1) is 11.4 Å². The van der Waals surface area contributed by atoms with Crippen molar-refractivity contribution in [3.8, 4) is 0 Å². The molecule has 0 aliphatic carbocycles. The number of fused-ring (bicyclic) bond motifs is 2. The van der Waals surface area contributed by atoms with Gasteiger partial charge >= 0.3 is 29.6 Å². The van der Waals surface area contributed by atoms with E-state index in [1.54, 1.807) is 25.1 Å². The largest absolute Gasteiger partial charge is 1.00 e. The van der Waals surface area contributed by atoms with E-state index >= 15 is 0 Å². The molecule has 0 aromatic heterocycles. The monoisotopic (exact) mass is 502 g/mol. The van der Waals surface area contributed by atoms with E-state index in [0.717, 1.165) is 17.5 Å². The molecule has 5 rings (SSSR count). The third-order valence-electron chi connectivity index (χ3n) is 5.85. The number of carbonyl (C=O) groups excluding carboxylic acids is 2. The second-order valence-corrected chi connectivity index (χ2v) is 9.90. The van der Waals surface area contributed by atoms with E-state index in [-0.39, 0.29) is 63.6 Å². The Hall–Kier alpha value is -2.85. The van der Waals surface area contributed by atoms with Crippen molar-refractivity contribution >= 4 is 32.9 Å². The molecule has 2 aliphatic heterocycles. The van der Waals surface area contributed by atoms with E-state index in [4.69, 9.17) is 0 Å². The average molecular weight is 502 g/mol. The molecule has 1 unspecified atom stereocenters. The number of halogens is 2. The Morgan fingerprint density at radius 3 is 2.49 bits per heavy atom. The van der Waals surface area contributed by atoms with Crippen molar-refractivity contribution in [1.29, 1.82) is 0 Å². The van der Waals surface area contributed by atoms with Crippen molar-refractivity contribution in [2.45, 2.75) is 18.4 Å². The Balaban J connectivity index is 0.00000289. The van der Waals surface area contributed by atoms with Crippen LogP contribution in [-0.2, 0) is 21.2 Å². The summed E-state index contributed by atoms with van der Waals surface area (Å²) in [6, 6.07) is 13.8. The summed E-state index contributed by atoms with van der Waals surface area (Å²) in [6.07, 6.45) is 0. The Labute approximate surface area is 222 Å². The second kappa shape index (κ2) is 9.31. The van der Waals surface area contributed by atoms with Gasteiger partial charge in [-0.2, -0.15) is 0 Å². The maximum atomic E-state index is 14.1. The zero-order valence-electron chi connectivity index (χ0n) is 18.8. The van der Waals surface area contributed by atoms with Gasteiger partial charge in [0.05, 0.1) is 17.1 Å². The van der Waals surface area contributed by atoms with Gasteiger partial charge in [0.15, 0.2) is 15.6 Å². The number of rotatable bonds is 3. The van der Waals surface area contributed by atoms with Crippen LogP contribution in [0.2, 0.25) is 0 Å². The molecule has 10 heteroatoms. The van der Waals surface area contributed by atoms with Crippen LogP contribution in [0.15, 0.2) is 76.7 Å². The zero-order chi connectivity index (χ0) is 24.2. The molecule has 0 bridgehead atoms. The van der Waals surface area contributed by atoms with Gasteiger partial charge in [-0.3, -0.25) is 9.59 Å². The maximum absolute atomic E-state index is 14.1. The first-order valence-electron chi connectivity index (χ1n) is 10.3. The Bertz CT molecular complexity index is 1520. The fraction of sp³-hybridized carbons (Fsp3) is 0.120. The van der Waals surface area contributed by atoms with Crippen molar-refractivity contribution < 1.29 is 56.3 Å². The number of carbonyl (C=O) groups is 2. The number of benzene rings is 3. The smallest absolute Gasteiger partial charge is 0.659 e. The summed E-state index contributed by atoms with van der Waals surface area (Å²) in [5.74, 6) is -4.09. The standard InChI is InChI=1S/C25H17F2N2O4S.Na/c1-14-10-15(6-8-18(14)27)12-29-21-9-7-16(26)11-17(21)24(30)23(25(29)31)20-13-34(32,33)22-5-3-2-4-19(22)28-20;/h2-11,13,23H,12H2,1H3;/q-1;+1. The van der Waals surface area contributed by atoms with Crippen LogP contribution in [0.4, 0.5) is 20.2 Å². The van der Waals surface area contributed by atoms with Crippen LogP contribution < -0.4 is 34.5 Å². The first kappa shape index (κ1) is 25.2. The minimum absolute atomic E-state index is 0. The molecular weight excluding hydrogens is 485 g/mol. The van der Waals surface area contributed by atoms with Crippen molar-refractivity contribution in [2.24, 2.45) is 5.92 Å². The topological polar surface area (TPSA) is 85.6 Å². The maximum Gasteiger partial charge on any atom is 1.00 e. The van der Waals surface area contributed by atoms with Gasteiger partial charge in [-0.25, -0.2) is 17.2 Å². The van der Waals surface area contributed by atoms with E-state index in [1.807, 2.05) is 0 Å². The Morgan fingerprint density at radius 1 is 1.00 bits per heavy atom. The molecule has 0 spiro atoms. The van der Waals surface area contributed by atoms with Crippen LogP contribution >= 0.6 is 0 Å². The number of anilines is 1. The van der Waals surface area contributed by atoms with E-state index < -0.39 is 39.1 Å². The Morgan fingerprint density at radius 2 is 1.74 bits per heavy atom. The van der Waals surface area contributed by atoms with Crippen molar-refractivity contribution in [3.63, 3.8) is 0 Å². The van der Waals surface area contributed by atoms with E-state index in [1.165, 1.54) is 35.2 Å². The van der Waals surface area contributed by atoms with Crippen LogP contribution in [0.25, 0.3) is 5.32 Å². The third kappa shape index (κ3) is 4.45. The first-order chi connectivity index (χ1) is 16.2. The molecule has 3 aromatic carbocycles. The molecule has 2 heterocycles. The van der Waals surface area contributed by atoms with Gasteiger partial charge in [-0.05, 0) is 48.4 Å². The summed E-state index contributed by atoms with van der Waals surface area (Å²) in [5.41, 5.74) is 0.977. The quantitative estimate of drug-likeness (QED) is 0.405. The minimum Gasteiger partial charge on any atom is -0.659 e. The van der Waals surface area contributed by atoms with Gasteiger partial charge in [-0.1, -0.05) is 30.3 Å². The molecule has 1 amide bonds. The molecular formula is C25H17F2N2NaO4S. The molecule has 0 radical (unpaired) electrons. The number of hydrogen-bond donors (Lipinski definition) is 0. The van der Waals surface area contributed by atoms with E-state index in [9.17, 15) is 26.8 Å². The van der Waals surface area contributed by atoms with Gasteiger partial charge in [0.1, 0.15) is 17.6 Å². The molecule has 0 saturated carbocycles. The molecule has 6 nitrogen and oxygen atoms in total. The van der Waals surface area contributed by atoms with Crippen molar-refractivity contribution in [2.75, 3.05) is 4.90 Å². The summed E-state index contributed by atoms with van der Waals surface area (Å²) < 4.78 is 53.4. The first-order valence-corrected chi connectivity index (χ1v) is 11.9. The number of aryl methyl sites for hydroxylation is 1. The summed E-state index contributed by atoms with van der Waals surface area (Å²) in [6.45, 7) is 1.56. The summed E-state index contributed by atoms with van der Waals surface area (Å²) in [7, 11) is -3.95. The minimum atomic E-state index is -3.95. The van der Waals surface area contributed by atoms with Crippen LogP contribution in [0.3, 0.4) is 0 Å². The van der Waals surface area contributed by atoms with Gasteiger partial charge in [0.2, 0.25) is 5.91 Å². The van der Waals surface area contributed by atoms with Crippen molar-refractivity contribution in [1.82, 2.24) is 0 Å². The molecule has 0 N–H and O–H groups in total. The third-order valence-corrected chi connectivity index (χ3v) is 7.36. The molecule has 172 valence electrons. The number of para-hydroxylation sites is 1. The number of Topliss-reactive ketones (excluding diaryl/α,β-unsaturated/α-hetero) is 1. The number of amides is 1. The number of ketones is 1. The number of hydrogen-bond acceptors (Lipinski definition) is 4. The molecule has 0 saturated heterocycles. The summed E-state index contributed by atoms with van der Waals surface area (Å²) >= 11 is 0. The molecule has 0 fully saturated rings. The van der Waals surface area contributed by atoms with E-state index in [0.29, 0.717) is 11.1 Å². The van der Waals surface area contributed by atoms with Crippen LogP contribution in [-0.4, -0.2) is 20.1 Å². The Kier molecular flexibility index (Phi) is 6.72. The van der Waals surface area contributed by atoms with Gasteiger partial charge in [0.25, 0.3) is 0 Å². The fourth-order valence-electron chi connectivity index (χ4n) is 4.21. The van der Waals surface area contributed by atoms with Crippen molar-refractivity contribution in [3.05, 3.63) is 105 Å². The zero-order valence-corrected chi connectivity index (χ0v) is 21.6. The van der Waals surface area contributed by atoms with Crippen LogP contribution in [0.5, 0.6) is 0 Å². The molecule has 3 aromatic rings. The average Bonchev–Trinajstić information content (AvgIpc) is 2.79. The number of sulfone groups is 1. The SMILES string of the molecule is Cc1cc(CN2C(=O)C(C3=CS(=O)(=O)c4ccccc4[N-]3)C(=O)c3cc(F)ccc32)ccc1F.[Na+]. The molecule has 2 aliphatic rings. The molecule has 35 heavy (non-hydrogen) atoms. The van der Waals surface area contributed by atoms with Gasteiger partial charge < -0.3 is 10.2 Å². The van der Waals surface area contributed by atoms with Crippen LogP contribution in [0, 0.1) is 24.5 Å². The number of nitrogens with zero attached hydrogens (tertiary/aromatic N) is 2. The predicted octanol–water partition coefficient (Wildman–Crippen LogP) is 1.96. The summed E-state index contributed by atoms with van der Waals surface area (Å²) in [5, 5.41) is 5.12. The fourth-order valence-corrected chi connectivity index (χ4v) is 5.51. The normalized spacial score (nSPS) is 18.1. The summed E-state index contributed by atoms with van der Waals surface area (Å²) in [4.78, 5) is 28.2. The predicted molar refractivity (Wildman–Crippen MR) is 121 cm³/mol. The molecule has 1 atom stereocenters. The van der Waals surface area contributed by atoms with E-state index in [2.05, 4.69) is 5.32 Å².